The number of allylic oxidation sites excluding steroid dienone is 2. The zero-order chi connectivity index (χ0) is 7.19. The van der Waals surface area contributed by atoms with Gasteiger partial charge >= 0.3 is 0 Å². The van der Waals surface area contributed by atoms with Gasteiger partial charge in [-0.05, 0) is 38.5 Å². The lowest BCUT2D eigenvalue weighted by Gasteiger charge is -2.47. The van der Waals surface area contributed by atoms with E-state index in [1.807, 2.05) is 0 Å². The van der Waals surface area contributed by atoms with Crippen molar-refractivity contribution in [2.24, 2.45) is 5.92 Å². The molecule has 0 bridgehead atoms. The van der Waals surface area contributed by atoms with Crippen molar-refractivity contribution in [1.82, 2.24) is 0 Å². The molecule has 0 amide bonds. The van der Waals surface area contributed by atoms with Crippen LogP contribution in [0, 0.1) is 5.92 Å². The quantitative estimate of drug-likeness (QED) is 0.350. The molecule has 0 aromatic rings. The van der Waals surface area contributed by atoms with Gasteiger partial charge in [-0.15, -0.1) is 0 Å². The molecule has 2 atom stereocenters. The van der Waals surface area contributed by atoms with Gasteiger partial charge in [-0.2, -0.15) is 0 Å². The third-order valence-electron chi connectivity index (χ3n) is 2.83. The van der Waals surface area contributed by atoms with E-state index in [-0.39, 0.29) is 0 Å². The summed E-state index contributed by atoms with van der Waals surface area (Å²) in [6.45, 7) is 2.39. The Hall–Kier alpha value is 0.470. The molecule has 0 aromatic carbocycles. The number of halogens is 1. The number of rotatable bonds is 0. The maximum atomic E-state index is 2.62. The number of hydrogen-bond donors (Lipinski definition) is 0. The maximum Gasteiger partial charge on any atom is 0.0296 e. The van der Waals surface area contributed by atoms with E-state index in [1.165, 1.54) is 25.7 Å². The van der Waals surface area contributed by atoms with Crippen molar-refractivity contribution in [3.8, 4) is 0 Å². The fourth-order valence-corrected chi connectivity index (χ4v) is 3.36. The highest BCUT2D eigenvalue weighted by atomic mass is 127. The molecule has 0 aliphatic heterocycles. The van der Waals surface area contributed by atoms with Gasteiger partial charge < -0.3 is 0 Å². The minimum absolute atomic E-state index is 0.615. The smallest absolute Gasteiger partial charge is 0.0296 e. The monoisotopic (exact) mass is 248 g/mol. The van der Waals surface area contributed by atoms with E-state index in [4.69, 9.17) is 0 Å². The molecule has 2 rings (SSSR count). The van der Waals surface area contributed by atoms with Crippen molar-refractivity contribution in [3.63, 3.8) is 0 Å². The van der Waals surface area contributed by atoms with E-state index in [0.717, 1.165) is 5.92 Å². The fourth-order valence-electron chi connectivity index (χ4n) is 2.21. The molecule has 2 aliphatic rings. The number of fused-ring (bicyclic) bond motifs is 1. The Balaban J connectivity index is 2.17. The van der Waals surface area contributed by atoms with Crippen molar-refractivity contribution < 1.29 is 0 Å². The van der Waals surface area contributed by atoms with E-state index < -0.39 is 0 Å². The van der Waals surface area contributed by atoms with E-state index >= 15 is 0 Å². The summed E-state index contributed by atoms with van der Waals surface area (Å²) < 4.78 is 0.615. The second kappa shape index (κ2) is 2.23. The predicted molar refractivity (Wildman–Crippen MR) is 52.5 cm³/mol. The number of hydrogen-bond acceptors (Lipinski definition) is 0. The molecule has 0 nitrogen and oxygen atoms in total. The molecule has 56 valence electrons. The minimum Gasteiger partial charge on any atom is -0.0850 e. The van der Waals surface area contributed by atoms with Gasteiger partial charge in [0, 0.05) is 3.42 Å². The fraction of sp³-hybridized carbons (Fsp3) is 0.778. The van der Waals surface area contributed by atoms with Crippen molar-refractivity contribution in [2.45, 2.75) is 36.0 Å². The Morgan fingerprint density at radius 2 is 2.50 bits per heavy atom. The molecule has 0 heterocycles. The third-order valence-corrected chi connectivity index (χ3v) is 3.96. The first-order chi connectivity index (χ1) is 4.70. The van der Waals surface area contributed by atoms with Gasteiger partial charge in [0.2, 0.25) is 0 Å². The molecule has 1 fully saturated rings. The largest absolute Gasteiger partial charge is 0.0850 e. The van der Waals surface area contributed by atoms with Crippen LogP contribution in [-0.2, 0) is 0 Å². The average molecular weight is 248 g/mol. The van der Waals surface area contributed by atoms with E-state index in [0.29, 0.717) is 3.42 Å². The summed E-state index contributed by atoms with van der Waals surface area (Å²) in [7, 11) is 0. The Morgan fingerprint density at radius 3 is 3.00 bits per heavy atom. The van der Waals surface area contributed by atoms with Crippen LogP contribution < -0.4 is 0 Å². The molecule has 0 aromatic heterocycles. The maximum absolute atomic E-state index is 2.62. The van der Waals surface area contributed by atoms with Crippen LogP contribution in [-0.4, -0.2) is 3.42 Å². The lowest BCUT2D eigenvalue weighted by molar-refractivity contribution is 0.320. The molecule has 0 N–H and O–H groups in total. The minimum atomic E-state index is 0.615. The standard InChI is InChI=1S/C9H13I/c1-9(10)6-7-4-2-3-5-8(7)9/h4,8H,2-3,5-6H2,1H3. The molecule has 10 heavy (non-hydrogen) atoms. The normalized spacial score (nSPS) is 45.4. The summed E-state index contributed by atoms with van der Waals surface area (Å²) in [5.74, 6) is 0.946. The first kappa shape index (κ1) is 7.14. The Kier molecular flexibility index (Phi) is 1.59. The van der Waals surface area contributed by atoms with E-state index in [2.05, 4.69) is 35.6 Å². The molecule has 0 saturated heterocycles. The Bertz CT molecular complexity index is 179. The Labute approximate surface area is 76.2 Å². The highest BCUT2D eigenvalue weighted by Gasteiger charge is 2.44. The van der Waals surface area contributed by atoms with Crippen molar-refractivity contribution >= 4 is 22.6 Å². The van der Waals surface area contributed by atoms with Gasteiger partial charge in [0.05, 0.1) is 0 Å². The van der Waals surface area contributed by atoms with E-state index in [9.17, 15) is 0 Å². The highest BCUT2D eigenvalue weighted by molar-refractivity contribution is 14.1. The molecule has 1 heteroatoms. The summed E-state index contributed by atoms with van der Waals surface area (Å²) in [6, 6.07) is 0. The van der Waals surface area contributed by atoms with Crippen LogP contribution in [0.2, 0.25) is 0 Å². The van der Waals surface area contributed by atoms with Crippen molar-refractivity contribution in [1.29, 1.82) is 0 Å². The summed E-state index contributed by atoms with van der Waals surface area (Å²) in [5, 5.41) is 0. The summed E-state index contributed by atoms with van der Waals surface area (Å²) in [4.78, 5) is 0. The highest BCUT2D eigenvalue weighted by Crippen LogP contribution is 2.53. The zero-order valence-electron chi connectivity index (χ0n) is 6.36. The SMILES string of the molecule is CC1(I)CC2=CCCCC21. The summed E-state index contributed by atoms with van der Waals surface area (Å²) in [6.07, 6.45) is 8.05. The lowest BCUT2D eigenvalue weighted by Crippen LogP contribution is -2.41. The molecule has 1 saturated carbocycles. The molecular weight excluding hydrogens is 235 g/mol. The Morgan fingerprint density at radius 1 is 1.70 bits per heavy atom. The van der Waals surface area contributed by atoms with Crippen LogP contribution in [0.25, 0.3) is 0 Å². The van der Waals surface area contributed by atoms with Crippen LogP contribution in [0.1, 0.15) is 32.6 Å². The molecule has 2 unspecified atom stereocenters. The second-order valence-electron chi connectivity index (χ2n) is 3.72. The third kappa shape index (κ3) is 0.936. The predicted octanol–water partition coefficient (Wildman–Crippen LogP) is 3.31. The molecular formula is C9H13I. The van der Waals surface area contributed by atoms with Crippen molar-refractivity contribution in [3.05, 3.63) is 11.6 Å². The number of alkyl halides is 1. The summed E-state index contributed by atoms with van der Waals surface area (Å²) in [5.41, 5.74) is 1.75. The van der Waals surface area contributed by atoms with Gasteiger partial charge in [0.1, 0.15) is 0 Å². The van der Waals surface area contributed by atoms with Gasteiger partial charge in [0.25, 0.3) is 0 Å². The van der Waals surface area contributed by atoms with Gasteiger partial charge in [0.15, 0.2) is 0 Å². The van der Waals surface area contributed by atoms with Gasteiger partial charge in [-0.1, -0.05) is 34.2 Å². The molecule has 0 spiro atoms. The average Bonchev–Trinajstić information content (AvgIpc) is 1.86. The topological polar surface area (TPSA) is 0 Å². The van der Waals surface area contributed by atoms with Gasteiger partial charge in [-0.25, -0.2) is 0 Å². The summed E-state index contributed by atoms with van der Waals surface area (Å²) >= 11 is 2.62. The zero-order valence-corrected chi connectivity index (χ0v) is 8.52. The second-order valence-corrected chi connectivity index (χ2v) is 6.18. The first-order valence-corrected chi connectivity index (χ1v) is 5.16. The van der Waals surface area contributed by atoms with Crippen LogP contribution >= 0.6 is 22.6 Å². The van der Waals surface area contributed by atoms with Crippen LogP contribution in [0.5, 0.6) is 0 Å². The van der Waals surface area contributed by atoms with E-state index in [1.54, 1.807) is 5.57 Å². The lowest BCUT2D eigenvalue weighted by atomic mass is 9.65. The molecule has 2 aliphatic carbocycles. The molecule has 0 radical (unpaired) electrons. The van der Waals surface area contributed by atoms with Crippen LogP contribution in [0.3, 0.4) is 0 Å². The van der Waals surface area contributed by atoms with Crippen molar-refractivity contribution in [2.75, 3.05) is 0 Å². The van der Waals surface area contributed by atoms with Crippen LogP contribution in [0.15, 0.2) is 11.6 Å². The van der Waals surface area contributed by atoms with Crippen LogP contribution in [0.4, 0.5) is 0 Å². The first-order valence-electron chi connectivity index (χ1n) is 4.08. The van der Waals surface area contributed by atoms with Gasteiger partial charge in [-0.3, -0.25) is 0 Å².